The van der Waals surface area contributed by atoms with Crippen LogP contribution in [0.25, 0.3) is 11.1 Å². The Morgan fingerprint density at radius 3 is 2.62 bits per heavy atom. The SMILES string of the molecule is CC1[C@H](c2ccccc2)Oc2ccc(-c3cc(C#N)ccc3Cl)cc2[C@]12N=C(N)NC2=O. The van der Waals surface area contributed by atoms with E-state index in [1.54, 1.807) is 18.2 Å². The third-order valence-electron chi connectivity index (χ3n) is 6.18. The summed E-state index contributed by atoms with van der Waals surface area (Å²) in [4.78, 5) is 17.9. The molecule has 3 aromatic carbocycles. The second kappa shape index (κ2) is 7.40. The summed E-state index contributed by atoms with van der Waals surface area (Å²) in [5.74, 6) is 0.00917. The van der Waals surface area contributed by atoms with Crippen molar-refractivity contribution in [1.82, 2.24) is 5.32 Å². The number of hydrogen-bond acceptors (Lipinski definition) is 5. The number of carbonyl (C=O) groups excluding carboxylic acids is 1. The van der Waals surface area contributed by atoms with Crippen LogP contribution in [0.3, 0.4) is 0 Å². The minimum Gasteiger partial charge on any atom is -0.485 e. The summed E-state index contributed by atoms with van der Waals surface area (Å²) in [5.41, 5.74) is 8.23. The van der Waals surface area contributed by atoms with E-state index >= 15 is 0 Å². The second-order valence-corrected chi connectivity index (χ2v) is 8.38. The molecule has 6 nitrogen and oxygen atoms in total. The number of aliphatic imine (C=N–C) groups is 1. The summed E-state index contributed by atoms with van der Waals surface area (Å²) in [7, 11) is 0. The number of benzene rings is 3. The highest BCUT2D eigenvalue weighted by atomic mass is 35.5. The largest absolute Gasteiger partial charge is 0.485 e. The number of amides is 1. The molecule has 0 aliphatic carbocycles. The maximum absolute atomic E-state index is 13.3. The standard InChI is InChI=1S/C25H19ClN4O2/c1-14-22(16-5-3-2-4-6-16)32-21-10-8-17(18-11-15(13-27)7-9-20(18)26)12-19(21)25(14)23(31)29-24(28)30-25/h2-12,14,22H,1H3,(H3,28,29,30,31)/t14?,22-,25-/m1/s1. The first-order chi connectivity index (χ1) is 15.4. The number of ether oxygens (including phenoxy) is 1. The molecule has 3 aromatic rings. The van der Waals surface area contributed by atoms with Crippen molar-refractivity contribution in [2.45, 2.75) is 18.6 Å². The van der Waals surface area contributed by atoms with Gasteiger partial charge in [0.1, 0.15) is 11.9 Å². The fourth-order valence-corrected chi connectivity index (χ4v) is 4.81. The molecule has 0 saturated heterocycles. The molecule has 0 bridgehead atoms. The molecular weight excluding hydrogens is 424 g/mol. The molecule has 3 N–H and O–H groups in total. The Morgan fingerprint density at radius 2 is 1.94 bits per heavy atom. The van der Waals surface area contributed by atoms with Crippen molar-refractivity contribution in [2.75, 3.05) is 0 Å². The maximum atomic E-state index is 13.3. The Morgan fingerprint density at radius 1 is 1.16 bits per heavy atom. The first-order valence-electron chi connectivity index (χ1n) is 10.2. The fraction of sp³-hybridized carbons (Fsp3) is 0.160. The van der Waals surface area contributed by atoms with Crippen molar-refractivity contribution in [1.29, 1.82) is 5.26 Å². The van der Waals surface area contributed by atoms with E-state index in [1.165, 1.54) is 0 Å². The lowest BCUT2D eigenvalue weighted by atomic mass is 9.72. The topological polar surface area (TPSA) is 100 Å². The highest BCUT2D eigenvalue weighted by Crippen LogP contribution is 2.53. The van der Waals surface area contributed by atoms with E-state index in [0.29, 0.717) is 27.5 Å². The van der Waals surface area contributed by atoms with Gasteiger partial charge in [-0.05, 0) is 41.5 Å². The fourth-order valence-electron chi connectivity index (χ4n) is 4.59. The minimum atomic E-state index is -1.24. The average Bonchev–Trinajstić information content (AvgIpc) is 3.11. The number of fused-ring (bicyclic) bond motifs is 2. The van der Waals surface area contributed by atoms with Gasteiger partial charge in [0.25, 0.3) is 5.91 Å². The van der Waals surface area contributed by atoms with Gasteiger partial charge in [-0.2, -0.15) is 5.26 Å². The van der Waals surface area contributed by atoms with Crippen LogP contribution in [0, 0.1) is 17.2 Å². The number of carbonyl (C=O) groups is 1. The lowest BCUT2D eigenvalue weighted by Gasteiger charge is -2.42. The molecule has 0 fully saturated rings. The van der Waals surface area contributed by atoms with Crippen molar-refractivity contribution < 1.29 is 9.53 Å². The first kappa shape index (κ1) is 20.1. The summed E-state index contributed by atoms with van der Waals surface area (Å²) < 4.78 is 6.39. The van der Waals surface area contributed by atoms with Crippen LogP contribution in [0.2, 0.25) is 5.02 Å². The van der Waals surface area contributed by atoms with Gasteiger partial charge in [-0.15, -0.1) is 0 Å². The van der Waals surface area contributed by atoms with Crippen molar-refractivity contribution in [2.24, 2.45) is 16.6 Å². The van der Waals surface area contributed by atoms with E-state index in [0.717, 1.165) is 11.1 Å². The molecule has 1 unspecified atom stereocenters. The van der Waals surface area contributed by atoms with Gasteiger partial charge < -0.3 is 10.5 Å². The van der Waals surface area contributed by atoms with Crippen LogP contribution >= 0.6 is 11.6 Å². The Kier molecular flexibility index (Phi) is 4.65. The van der Waals surface area contributed by atoms with E-state index in [4.69, 9.17) is 22.1 Å². The van der Waals surface area contributed by atoms with Crippen LogP contribution in [0.1, 0.15) is 29.7 Å². The maximum Gasteiger partial charge on any atom is 0.259 e. The number of halogens is 1. The van der Waals surface area contributed by atoms with E-state index in [-0.39, 0.29) is 23.9 Å². The molecule has 2 aliphatic rings. The number of guanidine groups is 1. The van der Waals surface area contributed by atoms with Crippen LogP contribution < -0.4 is 15.8 Å². The normalized spacial score (nSPS) is 23.7. The highest BCUT2D eigenvalue weighted by molar-refractivity contribution is 6.33. The van der Waals surface area contributed by atoms with E-state index in [9.17, 15) is 10.1 Å². The van der Waals surface area contributed by atoms with Crippen molar-refractivity contribution in [3.05, 3.63) is 88.4 Å². The molecule has 1 amide bonds. The summed E-state index contributed by atoms with van der Waals surface area (Å²) in [6.45, 7) is 1.94. The van der Waals surface area contributed by atoms with Crippen LogP contribution in [0.4, 0.5) is 0 Å². The Bertz CT molecular complexity index is 1320. The van der Waals surface area contributed by atoms with Gasteiger partial charge in [0.15, 0.2) is 11.5 Å². The van der Waals surface area contributed by atoms with Gasteiger partial charge in [-0.1, -0.05) is 54.9 Å². The average molecular weight is 443 g/mol. The van der Waals surface area contributed by atoms with Crippen molar-refractivity contribution >= 4 is 23.5 Å². The van der Waals surface area contributed by atoms with Crippen molar-refractivity contribution in [3.63, 3.8) is 0 Å². The first-order valence-corrected chi connectivity index (χ1v) is 10.5. The zero-order valence-electron chi connectivity index (χ0n) is 17.2. The number of nitrogens with one attached hydrogen (secondary N) is 1. The van der Waals surface area contributed by atoms with Crippen LogP contribution in [-0.4, -0.2) is 11.9 Å². The third-order valence-corrected chi connectivity index (χ3v) is 6.51. The predicted octanol–water partition coefficient (Wildman–Crippen LogP) is 4.29. The number of hydrogen-bond donors (Lipinski definition) is 2. The monoisotopic (exact) mass is 442 g/mol. The quantitative estimate of drug-likeness (QED) is 0.618. The second-order valence-electron chi connectivity index (χ2n) is 7.97. The van der Waals surface area contributed by atoms with Gasteiger partial charge in [-0.3, -0.25) is 10.1 Å². The highest BCUT2D eigenvalue weighted by Gasteiger charge is 2.56. The van der Waals surface area contributed by atoms with Crippen LogP contribution in [0.5, 0.6) is 5.75 Å². The van der Waals surface area contributed by atoms with Gasteiger partial charge >= 0.3 is 0 Å². The van der Waals surface area contributed by atoms with Gasteiger partial charge in [0, 0.05) is 22.1 Å². The molecule has 0 aromatic heterocycles. The summed E-state index contributed by atoms with van der Waals surface area (Å²) in [6.07, 6.45) is -0.388. The number of nitrogens with zero attached hydrogens (tertiary/aromatic N) is 2. The molecule has 3 atom stereocenters. The molecule has 32 heavy (non-hydrogen) atoms. The molecule has 2 heterocycles. The Labute approximate surface area is 190 Å². The molecule has 158 valence electrons. The molecule has 5 rings (SSSR count). The molecular formula is C25H19ClN4O2. The lowest BCUT2D eigenvalue weighted by Crippen LogP contribution is -2.48. The summed E-state index contributed by atoms with van der Waals surface area (Å²) in [6, 6.07) is 22.5. The predicted molar refractivity (Wildman–Crippen MR) is 122 cm³/mol. The van der Waals surface area contributed by atoms with Crippen LogP contribution in [0.15, 0.2) is 71.7 Å². The summed E-state index contributed by atoms with van der Waals surface area (Å²) >= 11 is 6.44. The molecule has 0 radical (unpaired) electrons. The number of rotatable bonds is 2. The van der Waals surface area contributed by atoms with Crippen LogP contribution in [-0.2, 0) is 10.3 Å². The molecule has 2 aliphatic heterocycles. The number of nitrogens with two attached hydrogens (primary N) is 1. The Hall–Kier alpha value is -3.82. The molecule has 0 saturated carbocycles. The van der Waals surface area contributed by atoms with E-state index in [1.807, 2.05) is 55.5 Å². The lowest BCUT2D eigenvalue weighted by molar-refractivity contribution is -0.128. The minimum absolute atomic E-state index is 0.0800. The number of nitriles is 1. The third kappa shape index (κ3) is 2.94. The Balaban J connectivity index is 1.72. The van der Waals surface area contributed by atoms with E-state index in [2.05, 4.69) is 16.4 Å². The van der Waals surface area contributed by atoms with Gasteiger partial charge in [0.05, 0.1) is 11.6 Å². The van der Waals surface area contributed by atoms with Crippen molar-refractivity contribution in [3.8, 4) is 22.9 Å². The zero-order valence-corrected chi connectivity index (χ0v) is 17.9. The molecule has 7 heteroatoms. The summed E-state index contributed by atoms with van der Waals surface area (Å²) in [5, 5.41) is 12.5. The van der Waals surface area contributed by atoms with Gasteiger partial charge in [0.2, 0.25) is 0 Å². The smallest absolute Gasteiger partial charge is 0.259 e. The van der Waals surface area contributed by atoms with E-state index < -0.39 is 5.54 Å². The van der Waals surface area contributed by atoms with Gasteiger partial charge in [-0.25, -0.2) is 4.99 Å². The zero-order chi connectivity index (χ0) is 22.5. The molecule has 1 spiro atoms.